The molecule has 0 aliphatic heterocycles. The van der Waals surface area contributed by atoms with E-state index in [1.54, 1.807) is 6.07 Å². The highest BCUT2D eigenvalue weighted by Gasteiger charge is 2.17. The average molecular weight is 353 g/mol. The number of benzene rings is 2. The van der Waals surface area contributed by atoms with Crippen molar-refractivity contribution in [3.8, 4) is 11.5 Å². The zero-order chi connectivity index (χ0) is 18.4. The molecule has 0 aliphatic rings. The Labute approximate surface area is 140 Å². The normalized spacial score (nSPS) is 10.4. The van der Waals surface area contributed by atoms with Crippen LogP contribution < -0.4 is 9.47 Å². The van der Waals surface area contributed by atoms with Crippen LogP contribution in [0.1, 0.15) is 15.9 Å². The number of rotatable bonds is 7. The summed E-state index contributed by atoms with van der Waals surface area (Å²) in [6, 6.07) is 9.38. The minimum absolute atomic E-state index is 0.0250. The molecule has 0 aliphatic carbocycles. The Kier molecular flexibility index (Phi) is 5.83. The van der Waals surface area contributed by atoms with Crippen molar-refractivity contribution >= 4 is 11.7 Å². The summed E-state index contributed by atoms with van der Waals surface area (Å²) in [6.07, 6.45) is 0. The lowest BCUT2D eigenvalue weighted by Gasteiger charge is -2.11. The third-order valence-corrected chi connectivity index (χ3v) is 3.16. The summed E-state index contributed by atoms with van der Waals surface area (Å²) in [7, 11) is 1.23. The van der Waals surface area contributed by atoms with Gasteiger partial charge in [0, 0.05) is 6.07 Å². The van der Waals surface area contributed by atoms with Gasteiger partial charge in [-0.1, -0.05) is 12.1 Å². The fraction of sp³-hybridized carbons (Fsp3) is 0.188. The highest BCUT2D eigenvalue weighted by Crippen LogP contribution is 2.30. The molecule has 0 spiro atoms. The number of halogens is 2. The number of hydrogen-bond acceptors (Lipinski definition) is 6. The van der Waals surface area contributed by atoms with Crippen LogP contribution in [-0.2, 0) is 11.3 Å². The van der Waals surface area contributed by atoms with Gasteiger partial charge in [0.2, 0.25) is 0 Å². The predicted octanol–water partition coefficient (Wildman–Crippen LogP) is 3.56. The molecule has 0 N–H and O–H groups in total. The number of para-hydroxylation sites is 1. The Hall–Kier alpha value is -3.23. The average Bonchev–Trinajstić information content (AvgIpc) is 2.59. The second-order valence-corrected chi connectivity index (χ2v) is 4.71. The second kappa shape index (κ2) is 8.04. The van der Waals surface area contributed by atoms with Crippen molar-refractivity contribution in [1.82, 2.24) is 0 Å². The summed E-state index contributed by atoms with van der Waals surface area (Å²) in [4.78, 5) is 22.4. The van der Waals surface area contributed by atoms with Crippen molar-refractivity contribution in [2.45, 2.75) is 13.2 Å². The maximum atomic E-state index is 12.3. The van der Waals surface area contributed by atoms with Crippen molar-refractivity contribution < 1.29 is 32.7 Å². The maximum Gasteiger partial charge on any atom is 0.387 e. The van der Waals surface area contributed by atoms with Gasteiger partial charge in [-0.05, 0) is 24.3 Å². The van der Waals surface area contributed by atoms with E-state index in [0.717, 1.165) is 6.07 Å². The Morgan fingerprint density at radius 1 is 1.20 bits per heavy atom. The molecule has 0 amide bonds. The zero-order valence-corrected chi connectivity index (χ0v) is 13.0. The third-order valence-electron chi connectivity index (χ3n) is 3.16. The summed E-state index contributed by atoms with van der Waals surface area (Å²) in [6.45, 7) is -3.35. The Balaban J connectivity index is 2.12. The molecule has 2 rings (SSSR count). The summed E-state index contributed by atoms with van der Waals surface area (Å²) in [5, 5.41) is 10.9. The van der Waals surface area contributed by atoms with E-state index < -0.39 is 17.5 Å². The summed E-state index contributed by atoms with van der Waals surface area (Å²) in [5.41, 5.74) is 0.0797. The van der Waals surface area contributed by atoms with E-state index in [-0.39, 0.29) is 34.9 Å². The van der Waals surface area contributed by atoms with Gasteiger partial charge in [-0.15, -0.1) is 0 Å². The van der Waals surface area contributed by atoms with Gasteiger partial charge in [-0.3, -0.25) is 10.1 Å². The molecule has 0 heterocycles. The van der Waals surface area contributed by atoms with Gasteiger partial charge in [-0.25, -0.2) is 4.79 Å². The second-order valence-electron chi connectivity index (χ2n) is 4.71. The molecule has 7 nitrogen and oxygen atoms in total. The molecule has 132 valence electrons. The van der Waals surface area contributed by atoms with Crippen LogP contribution in [0.2, 0.25) is 0 Å². The van der Waals surface area contributed by atoms with Crippen LogP contribution in [0.25, 0.3) is 0 Å². The van der Waals surface area contributed by atoms with E-state index >= 15 is 0 Å². The zero-order valence-electron chi connectivity index (χ0n) is 13.0. The fourth-order valence-electron chi connectivity index (χ4n) is 2.03. The van der Waals surface area contributed by atoms with E-state index in [1.807, 2.05) is 0 Å². The lowest BCUT2D eigenvalue weighted by atomic mass is 10.2. The summed E-state index contributed by atoms with van der Waals surface area (Å²) < 4.78 is 38.8. The number of esters is 1. The molecule has 0 fully saturated rings. The molecule has 0 unspecified atom stereocenters. The smallest absolute Gasteiger partial charge is 0.387 e. The number of methoxy groups -OCH3 is 1. The van der Waals surface area contributed by atoms with Crippen molar-refractivity contribution in [3.05, 3.63) is 63.7 Å². The van der Waals surface area contributed by atoms with Crippen LogP contribution in [0.4, 0.5) is 14.5 Å². The number of carbonyl (C=O) groups is 1. The van der Waals surface area contributed by atoms with Crippen LogP contribution in [-0.4, -0.2) is 24.6 Å². The van der Waals surface area contributed by atoms with Gasteiger partial charge >= 0.3 is 12.6 Å². The van der Waals surface area contributed by atoms with E-state index in [2.05, 4.69) is 4.74 Å². The van der Waals surface area contributed by atoms with Crippen molar-refractivity contribution in [1.29, 1.82) is 0 Å². The summed E-state index contributed by atoms with van der Waals surface area (Å²) >= 11 is 0. The lowest BCUT2D eigenvalue weighted by Crippen LogP contribution is -2.08. The predicted molar refractivity (Wildman–Crippen MR) is 81.8 cm³/mol. The quantitative estimate of drug-likeness (QED) is 0.430. The lowest BCUT2D eigenvalue weighted by molar-refractivity contribution is -0.385. The van der Waals surface area contributed by atoms with E-state index in [4.69, 9.17) is 9.47 Å². The molecule has 0 saturated heterocycles. The Bertz CT molecular complexity index is 781. The number of hydrogen-bond donors (Lipinski definition) is 0. The number of carbonyl (C=O) groups excluding carboxylic acids is 1. The largest absolute Gasteiger partial charge is 0.493 e. The Morgan fingerprint density at radius 2 is 1.92 bits per heavy atom. The highest BCUT2D eigenvalue weighted by molar-refractivity contribution is 5.90. The number of ether oxygens (including phenoxy) is 3. The van der Waals surface area contributed by atoms with E-state index in [9.17, 15) is 23.7 Å². The van der Waals surface area contributed by atoms with Crippen molar-refractivity contribution in [2.24, 2.45) is 0 Å². The monoisotopic (exact) mass is 353 g/mol. The first-order valence-corrected chi connectivity index (χ1v) is 6.94. The fourth-order valence-corrected chi connectivity index (χ4v) is 2.03. The van der Waals surface area contributed by atoms with Crippen LogP contribution in [0.3, 0.4) is 0 Å². The number of nitrogens with zero attached hydrogens (tertiary/aromatic N) is 1. The highest BCUT2D eigenvalue weighted by atomic mass is 19.3. The summed E-state index contributed by atoms with van der Waals surface area (Å²) in [5.74, 6) is -1.09. The van der Waals surface area contributed by atoms with Crippen LogP contribution in [0.5, 0.6) is 11.5 Å². The topological polar surface area (TPSA) is 87.9 Å². The van der Waals surface area contributed by atoms with Crippen LogP contribution in [0.15, 0.2) is 42.5 Å². The Morgan fingerprint density at radius 3 is 2.56 bits per heavy atom. The van der Waals surface area contributed by atoms with Gasteiger partial charge in [-0.2, -0.15) is 8.78 Å². The molecule has 0 aromatic heterocycles. The molecule has 0 atom stereocenters. The first-order valence-electron chi connectivity index (χ1n) is 6.94. The van der Waals surface area contributed by atoms with Crippen molar-refractivity contribution in [2.75, 3.05) is 7.11 Å². The van der Waals surface area contributed by atoms with Crippen LogP contribution >= 0.6 is 0 Å². The molecule has 0 saturated carbocycles. The van der Waals surface area contributed by atoms with Crippen molar-refractivity contribution in [3.63, 3.8) is 0 Å². The third kappa shape index (κ3) is 4.63. The molecule has 0 radical (unpaired) electrons. The van der Waals surface area contributed by atoms with E-state index in [0.29, 0.717) is 0 Å². The first kappa shape index (κ1) is 18.1. The molecule has 0 bridgehead atoms. The molecule has 2 aromatic carbocycles. The first-order chi connectivity index (χ1) is 11.9. The number of nitro groups is 1. The minimum Gasteiger partial charge on any atom is -0.493 e. The maximum absolute atomic E-state index is 12.3. The molecule has 25 heavy (non-hydrogen) atoms. The van der Waals surface area contributed by atoms with Gasteiger partial charge in [0.25, 0.3) is 5.69 Å². The minimum atomic E-state index is -3.04. The SMILES string of the molecule is COc1cc(C(=O)OCc2ccccc2[N+](=O)[O-])ccc1OC(F)F. The van der Waals surface area contributed by atoms with Crippen LogP contribution in [0, 0.1) is 10.1 Å². The van der Waals surface area contributed by atoms with Gasteiger partial charge in [0.15, 0.2) is 11.5 Å². The number of nitro benzene ring substituents is 1. The molecule has 2 aromatic rings. The molecular weight excluding hydrogens is 340 g/mol. The number of alkyl halides is 2. The van der Waals surface area contributed by atoms with Gasteiger partial charge in [0.1, 0.15) is 6.61 Å². The van der Waals surface area contributed by atoms with Gasteiger partial charge < -0.3 is 14.2 Å². The van der Waals surface area contributed by atoms with Gasteiger partial charge in [0.05, 0.1) is 23.2 Å². The molecule has 9 heteroatoms. The van der Waals surface area contributed by atoms with E-state index in [1.165, 1.54) is 37.4 Å². The molecular formula is C16H13F2NO6. The standard InChI is InChI=1S/C16H13F2NO6/c1-23-14-8-10(6-7-13(14)25-16(17)18)15(20)24-9-11-4-2-3-5-12(11)19(21)22/h2-8,16H,9H2,1H3.